The summed E-state index contributed by atoms with van der Waals surface area (Å²) in [6.07, 6.45) is 7.18. The van der Waals surface area contributed by atoms with Crippen molar-refractivity contribution in [1.82, 2.24) is 15.5 Å². The Morgan fingerprint density at radius 1 is 1.24 bits per heavy atom. The number of fused-ring (bicyclic) bond motifs is 1. The number of guanidine groups is 1. The van der Waals surface area contributed by atoms with Crippen molar-refractivity contribution in [3.63, 3.8) is 0 Å². The van der Waals surface area contributed by atoms with Crippen molar-refractivity contribution in [2.75, 3.05) is 32.7 Å². The molecule has 2 aliphatic heterocycles. The summed E-state index contributed by atoms with van der Waals surface area (Å²) in [6.45, 7) is 9.73. The van der Waals surface area contributed by atoms with Crippen molar-refractivity contribution in [3.8, 4) is 5.75 Å². The van der Waals surface area contributed by atoms with Gasteiger partial charge < -0.3 is 20.3 Å². The number of benzene rings is 1. The summed E-state index contributed by atoms with van der Waals surface area (Å²) in [6, 6.07) is 8.80. The molecule has 2 unspecified atom stereocenters. The van der Waals surface area contributed by atoms with Gasteiger partial charge in [0.25, 0.3) is 0 Å². The molecule has 1 spiro atoms. The van der Waals surface area contributed by atoms with Crippen LogP contribution in [0.3, 0.4) is 0 Å². The molecule has 2 fully saturated rings. The highest BCUT2D eigenvalue weighted by atomic mass is 127. The molecule has 0 bridgehead atoms. The number of hydrogen-bond donors (Lipinski definition) is 2. The molecule has 6 heteroatoms. The van der Waals surface area contributed by atoms with E-state index in [0.717, 1.165) is 37.8 Å². The predicted molar refractivity (Wildman–Crippen MR) is 130 cm³/mol. The fourth-order valence-corrected chi connectivity index (χ4v) is 5.13. The second kappa shape index (κ2) is 10.3. The lowest BCUT2D eigenvalue weighted by molar-refractivity contribution is 0.0396. The number of nitrogens with zero attached hydrogens (tertiary/aromatic N) is 2. The average molecular weight is 512 g/mol. The van der Waals surface area contributed by atoms with Crippen LogP contribution in [-0.4, -0.2) is 49.2 Å². The third-order valence-corrected chi connectivity index (χ3v) is 6.69. The SMILES string of the molecule is CCNC(=NCC1CCN(CC)C1)NC1CC2(CCCC2)Oc2ccccc21.I. The second-order valence-electron chi connectivity index (χ2n) is 8.70. The third-order valence-electron chi connectivity index (χ3n) is 6.69. The van der Waals surface area contributed by atoms with Crippen LogP contribution in [0, 0.1) is 5.92 Å². The molecule has 1 saturated carbocycles. The van der Waals surface area contributed by atoms with Gasteiger partial charge in [-0.15, -0.1) is 24.0 Å². The summed E-state index contributed by atoms with van der Waals surface area (Å²) in [4.78, 5) is 7.50. The maximum atomic E-state index is 6.51. The smallest absolute Gasteiger partial charge is 0.191 e. The minimum atomic E-state index is 0. The lowest BCUT2D eigenvalue weighted by atomic mass is 9.86. The van der Waals surface area contributed by atoms with Crippen LogP contribution in [0.15, 0.2) is 29.3 Å². The van der Waals surface area contributed by atoms with Crippen LogP contribution in [0.25, 0.3) is 0 Å². The van der Waals surface area contributed by atoms with Gasteiger partial charge in [0.05, 0.1) is 6.04 Å². The fraction of sp³-hybridized carbons (Fsp3) is 0.696. The molecule has 3 aliphatic rings. The van der Waals surface area contributed by atoms with Gasteiger partial charge in [-0.1, -0.05) is 25.1 Å². The number of para-hydroxylation sites is 1. The van der Waals surface area contributed by atoms with E-state index in [2.05, 4.69) is 53.6 Å². The van der Waals surface area contributed by atoms with Crippen molar-refractivity contribution >= 4 is 29.9 Å². The van der Waals surface area contributed by atoms with E-state index in [4.69, 9.17) is 9.73 Å². The van der Waals surface area contributed by atoms with Crippen LogP contribution in [0.2, 0.25) is 0 Å². The molecule has 2 N–H and O–H groups in total. The van der Waals surface area contributed by atoms with Gasteiger partial charge >= 0.3 is 0 Å². The summed E-state index contributed by atoms with van der Waals surface area (Å²) in [5.41, 5.74) is 1.28. The van der Waals surface area contributed by atoms with Gasteiger partial charge in [-0.2, -0.15) is 0 Å². The highest BCUT2D eigenvalue weighted by Gasteiger charge is 2.43. The maximum absolute atomic E-state index is 6.51. The van der Waals surface area contributed by atoms with Crippen LogP contribution in [0.1, 0.15) is 64.0 Å². The van der Waals surface area contributed by atoms with Gasteiger partial charge in [-0.25, -0.2) is 0 Å². The zero-order valence-electron chi connectivity index (χ0n) is 18.0. The lowest BCUT2D eigenvalue weighted by Crippen LogP contribution is -2.46. The normalized spacial score (nSPS) is 25.9. The average Bonchev–Trinajstić information content (AvgIpc) is 3.36. The Hall–Kier alpha value is -1.02. The summed E-state index contributed by atoms with van der Waals surface area (Å²) >= 11 is 0. The van der Waals surface area contributed by atoms with E-state index in [0.29, 0.717) is 5.92 Å². The second-order valence-corrected chi connectivity index (χ2v) is 8.70. The van der Waals surface area contributed by atoms with E-state index in [-0.39, 0.29) is 35.6 Å². The molecular weight excluding hydrogens is 475 g/mol. The highest BCUT2D eigenvalue weighted by molar-refractivity contribution is 14.0. The van der Waals surface area contributed by atoms with Crippen LogP contribution in [0.5, 0.6) is 5.75 Å². The van der Waals surface area contributed by atoms with Crippen molar-refractivity contribution in [2.45, 2.75) is 64.0 Å². The first-order chi connectivity index (χ1) is 13.7. The predicted octanol–water partition coefficient (Wildman–Crippen LogP) is 4.34. The van der Waals surface area contributed by atoms with Gasteiger partial charge in [0.1, 0.15) is 11.4 Å². The number of likely N-dealkylation sites (tertiary alicyclic amines) is 1. The van der Waals surface area contributed by atoms with E-state index < -0.39 is 0 Å². The first-order valence-electron chi connectivity index (χ1n) is 11.3. The monoisotopic (exact) mass is 512 g/mol. The zero-order chi connectivity index (χ0) is 19.4. The van der Waals surface area contributed by atoms with Crippen molar-refractivity contribution < 1.29 is 4.74 Å². The number of halogens is 1. The number of ether oxygens (including phenoxy) is 1. The minimum Gasteiger partial charge on any atom is -0.487 e. The molecule has 4 rings (SSSR count). The molecular formula is C23H37IN4O. The number of hydrogen-bond acceptors (Lipinski definition) is 3. The molecule has 29 heavy (non-hydrogen) atoms. The van der Waals surface area contributed by atoms with Crippen LogP contribution < -0.4 is 15.4 Å². The summed E-state index contributed by atoms with van der Waals surface area (Å²) < 4.78 is 6.51. The molecule has 1 aromatic carbocycles. The minimum absolute atomic E-state index is 0. The Labute approximate surface area is 193 Å². The number of rotatable bonds is 5. The van der Waals surface area contributed by atoms with E-state index in [9.17, 15) is 0 Å². The van der Waals surface area contributed by atoms with E-state index in [1.165, 1.54) is 50.8 Å². The number of nitrogens with one attached hydrogen (secondary N) is 2. The molecule has 1 aliphatic carbocycles. The van der Waals surface area contributed by atoms with E-state index >= 15 is 0 Å². The first kappa shape index (κ1) is 22.7. The first-order valence-corrected chi connectivity index (χ1v) is 11.3. The third kappa shape index (κ3) is 5.37. The van der Waals surface area contributed by atoms with Crippen molar-refractivity contribution in [3.05, 3.63) is 29.8 Å². The zero-order valence-corrected chi connectivity index (χ0v) is 20.3. The number of aliphatic imine (C=N–C) groups is 1. The molecule has 0 amide bonds. The summed E-state index contributed by atoms with van der Waals surface area (Å²) in [5.74, 6) is 2.68. The van der Waals surface area contributed by atoms with Gasteiger partial charge in [0, 0.05) is 31.6 Å². The lowest BCUT2D eigenvalue weighted by Gasteiger charge is -2.40. The Morgan fingerprint density at radius 2 is 2.03 bits per heavy atom. The molecule has 162 valence electrons. The van der Waals surface area contributed by atoms with Gasteiger partial charge in [0.2, 0.25) is 0 Å². The van der Waals surface area contributed by atoms with E-state index in [1.807, 2.05) is 0 Å². The van der Waals surface area contributed by atoms with Gasteiger partial charge in [-0.3, -0.25) is 4.99 Å². The van der Waals surface area contributed by atoms with Gasteiger partial charge in [-0.05, 0) is 64.1 Å². The maximum Gasteiger partial charge on any atom is 0.191 e. The Bertz CT molecular complexity index is 689. The fourth-order valence-electron chi connectivity index (χ4n) is 5.13. The van der Waals surface area contributed by atoms with Crippen molar-refractivity contribution in [1.29, 1.82) is 0 Å². The molecule has 2 atom stereocenters. The van der Waals surface area contributed by atoms with E-state index in [1.54, 1.807) is 0 Å². The van der Waals surface area contributed by atoms with Crippen molar-refractivity contribution in [2.24, 2.45) is 10.9 Å². The Morgan fingerprint density at radius 3 is 2.76 bits per heavy atom. The molecule has 1 saturated heterocycles. The standard InChI is InChI=1S/C23H36N4O.HI/c1-3-24-22(25-16-18-11-14-27(4-2)17-18)26-20-15-23(12-7-8-13-23)28-21-10-6-5-9-19(20)21;/h5-6,9-10,18,20H,3-4,7-8,11-17H2,1-2H3,(H2,24,25,26);1H. The molecule has 1 aromatic rings. The molecule has 0 aromatic heterocycles. The summed E-state index contributed by atoms with van der Waals surface area (Å²) in [7, 11) is 0. The Balaban J connectivity index is 0.00000240. The molecule has 0 radical (unpaired) electrons. The Kier molecular flexibility index (Phi) is 8.07. The van der Waals surface area contributed by atoms with Crippen LogP contribution in [0.4, 0.5) is 0 Å². The topological polar surface area (TPSA) is 48.9 Å². The largest absolute Gasteiger partial charge is 0.487 e. The van der Waals surface area contributed by atoms with Crippen LogP contribution in [-0.2, 0) is 0 Å². The summed E-state index contributed by atoms with van der Waals surface area (Å²) in [5, 5.41) is 7.23. The van der Waals surface area contributed by atoms with Gasteiger partial charge in [0.15, 0.2) is 5.96 Å². The highest BCUT2D eigenvalue weighted by Crippen LogP contribution is 2.46. The quantitative estimate of drug-likeness (QED) is 0.350. The van der Waals surface area contributed by atoms with Crippen LogP contribution >= 0.6 is 24.0 Å². The molecule has 5 nitrogen and oxygen atoms in total. The molecule has 2 heterocycles.